The number of ether oxygens (including phenoxy) is 3. The van der Waals surface area contributed by atoms with Gasteiger partial charge in [0.1, 0.15) is 6.61 Å². The number of benzene rings is 2. The number of halogens is 1. The van der Waals surface area contributed by atoms with E-state index in [9.17, 15) is 4.79 Å². The number of carbonyl (C=O) groups excluding carboxylic acids is 1. The Morgan fingerprint density at radius 3 is 2.67 bits per heavy atom. The molecule has 0 aliphatic carbocycles. The molecule has 1 N–H and O–H groups in total. The van der Waals surface area contributed by atoms with Crippen molar-refractivity contribution >= 4 is 28.1 Å². The molecule has 2 rings (SSSR count). The van der Waals surface area contributed by atoms with Crippen LogP contribution in [0.25, 0.3) is 0 Å². The largest absolute Gasteiger partial charge is 0.493 e. The highest BCUT2D eigenvalue weighted by Gasteiger charge is 2.19. The summed E-state index contributed by atoms with van der Waals surface area (Å²) >= 11 is 3.45. The summed E-state index contributed by atoms with van der Waals surface area (Å²) in [4.78, 5) is 12.3. The average molecular weight is 433 g/mol. The fourth-order valence-electron chi connectivity index (χ4n) is 2.35. The van der Waals surface area contributed by atoms with Crippen molar-refractivity contribution in [3.8, 4) is 11.5 Å². The molecule has 27 heavy (non-hydrogen) atoms. The molecule has 7 heteroatoms. The first-order valence-corrected chi connectivity index (χ1v) is 8.91. The quantitative estimate of drug-likeness (QED) is 0.371. The molecule has 0 heterocycles. The number of amides is 1. The first kappa shape index (κ1) is 20.7. The first-order chi connectivity index (χ1) is 13.1. The van der Waals surface area contributed by atoms with Crippen LogP contribution in [0.15, 0.2) is 64.7 Å². The van der Waals surface area contributed by atoms with E-state index in [4.69, 9.17) is 14.2 Å². The summed E-state index contributed by atoms with van der Waals surface area (Å²) < 4.78 is 16.9. The zero-order chi connectivity index (χ0) is 19.6. The lowest BCUT2D eigenvalue weighted by molar-refractivity contribution is -0.131. The van der Waals surface area contributed by atoms with Crippen molar-refractivity contribution in [1.29, 1.82) is 0 Å². The topological polar surface area (TPSA) is 69.2 Å². The molecule has 0 spiro atoms. The molecule has 0 unspecified atom stereocenters. The van der Waals surface area contributed by atoms with Crippen LogP contribution in [0.1, 0.15) is 17.2 Å². The predicted octanol–water partition coefficient (Wildman–Crippen LogP) is 3.86. The number of hydrogen-bond acceptors (Lipinski definition) is 5. The minimum Gasteiger partial charge on any atom is -0.493 e. The molecule has 2 aromatic carbocycles. The molecule has 0 aromatic heterocycles. The smallest absolute Gasteiger partial charge is 0.273 e. The second-order valence-electron chi connectivity index (χ2n) is 5.39. The lowest BCUT2D eigenvalue weighted by Crippen LogP contribution is -2.26. The summed E-state index contributed by atoms with van der Waals surface area (Å²) in [5.41, 5.74) is 3.96. The molecule has 1 atom stereocenters. The Morgan fingerprint density at radius 1 is 1.30 bits per heavy atom. The molecule has 1 amide bonds. The molecule has 0 aliphatic heterocycles. The standard InChI is InChI=1S/C20H21BrN2O4/c1-4-10-27-19-16(21)11-14(12-17(19)25-2)13-22-23-20(24)18(26-3)15-8-6-5-7-9-15/h4-9,11-13,18H,1,10H2,2-3H3,(H,23,24)/b22-13-/t18-/m1/s1. The van der Waals surface area contributed by atoms with E-state index in [0.29, 0.717) is 22.6 Å². The Hall–Kier alpha value is -2.64. The monoisotopic (exact) mass is 432 g/mol. The fraction of sp³-hybridized carbons (Fsp3) is 0.200. The second-order valence-corrected chi connectivity index (χ2v) is 6.25. The summed E-state index contributed by atoms with van der Waals surface area (Å²) in [6.07, 6.45) is 2.43. The molecule has 0 radical (unpaired) electrons. The Bertz CT molecular complexity index is 809. The highest BCUT2D eigenvalue weighted by molar-refractivity contribution is 9.10. The van der Waals surface area contributed by atoms with Gasteiger partial charge in [-0.25, -0.2) is 5.43 Å². The van der Waals surface area contributed by atoms with Crippen molar-refractivity contribution < 1.29 is 19.0 Å². The van der Waals surface area contributed by atoms with Gasteiger partial charge >= 0.3 is 0 Å². The third kappa shape index (κ3) is 5.67. The van der Waals surface area contributed by atoms with Crippen molar-refractivity contribution in [3.63, 3.8) is 0 Å². The van der Waals surface area contributed by atoms with Gasteiger partial charge in [0.15, 0.2) is 17.6 Å². The van der Waals surface area contributed by atoms with Gasteiger partial charge in [0.2, 0.25) is 0 Å². The van der Waals surface area contributed by atoms with Crippen LogP contribution in [-0.4, -0.2) is 32.9 Å². The van der Waals surface area contributed by atoms with E-state index in [1.54, 1.807) is 19.3 Å². The Balaban J connectivity index is 2.10. The SMILES string of the molecule is C=CCOc1c(Br)cc(/C=N\NC(=O)[C@H](OC)c2ccccc2)cc1OC. The summed E-state index contributed by atoms with van der Waals surface area (Å²) in [7, 11) is 3.03. The van der Waals surface area contributed by atoms with Crippen LogP contribution in [0.5, 0.6) is 11.5 Å². The Labute approximate surface area is 167 Å². The predicted molar refractivity (Wildman–Crippen MR) is 108 cm³/mol. The Morgan fingerprint density at radius 2 is 2.04 bits per heavy atom. The van der Waals surface area contributed by atoms with E-state index >= 15 is 0 Å². The third-order valence-electron chi connectivity index (χ3n) is 3.56. The zero-order valence-corrected chi connectivity index (χ0v) is 16.7. The lowest BCUT2D eigenvalue weighted by Gasteiger charge is -2.13. The van der Waals surface area contributed by atoms with Crippen LogP contribution < -0.4 is 14.9 Å². The second kappa shape index (κ2) is 10.5. The summed E-state index contributed by atoms with van der Waals surface area (Å²) in [6, 6.07) is 12.8. The summed E-state index contributed by atoms with van der Waals surface area (Å²) in [5, 5.41) is 4.01. The van der Waals surface area contributed by atoms with Crippen LogP contribution in [0.4, 0.5) is 0 Å². The number of hydrazone groups is 1. The number of rotatable bonds is 9. The van der Waals surface area contributed by atoms with Gasteiger partial charge in [-0.1, -0.05) is 43.0 Å². The normalized spacial score (nSPS) is 11.8. The molecule has 2 aromatic rings. The molecule has 0 bridgehead atoms. The third-order valence-corrected chi connectivity index (χ3v) is 4.15. The van der Waals surface area contributed by atoms with Crippen molar-refractivity contribution in [2.24, 2.45) is 5.10 Å². The number of nitrogens with one attached hydrogen (secondary N) is 1. The average Bonchev–Trinajstić information content (AvgIpc) is 2.68. The number of nitrogens with zero attached hydrogens (tertiary/aromatic N) is 1. The van der Waals surface area contributed by atoms with Gasteiger partial charge in [0.05, 0.1) is 17.8 Å². The van der Waals surface area contributed by atoms with Gasteiger partial charge < -0.3 is 14.2 Å². The Kier molecular flexibility index (Phi) is 8.03. The maximum Gasteiger partial charge on any atom is 0.273 e. The van der Waals surface area contributed by atoms with Crippen LogP contribution in [0, 0.1) is 0 Å². The minimum absolute atomic E-state index is 0.357. The fourth-order valence-corrected chi connectivity index (χ4v) is 2.92. The molecule has 0 saturated heterocycles. The number of hydrogen-bond donors (Lipinski definition) is 1. The van der Waals surface area contributed by atoms with E-state index in [-0.39, 0.29) is 5.91 Å². The van der Waals surface area contributed by atoms with E-state index in [0.717, 1.165) is 11.1 Å². The van der Waals surface area contributed by atoms with Crippen molar-refractivity contribution in [2.75, 3.05) is 20.8 Å². The van der Waals surface area contributed by atoms with Crippen molar-refractivity contribution in [2.45, 2.75) is 6.10 Å². The van der Waals surface area contributed by atoms with E-state index in [2.05, 4.69) is 33.0 Å². The van der Waals surface area contributed by atoms with Gasteiger partial charge in [0, 0.05) is 7.11 Å². The van der Waals surface area contributed by atoms with Gasteiger partial charge in [-0.3, -0.25) is 4.79 Å². The number of carbonyl (C=O) groups is 1. The first-order valence-electron chi connectivity index (χ1n) is 8.12. The lowest BCUT2D eigenvalue weighted by atomic mass is 10.1. The van der Waals surface area contributed by atoms with E-state index in [1.807, 2.05) is 36.4 Å². The molecule has 0 fully saturated rings. The zero-order valence-electron chi connectivity index (χ0n) is 15.1. The van der Waals surface area contributed by atoms with Gasteiger partial charge in [-0.2, -0.15) is 5.10 Å². The molecular formula is C20H21BrN2O4. The van der Waals surface area contributed by atoms with Crippen LogP contribution in [-0.2, 0) is 9.53 Å². The van der Waals surface area contributed by atoms with Crippen LogP contribution >= 0.6 is 15.9 Å². The molecule has 0 aliphatic rings. The van der Waals surface area contributed by atoms with E-state index < -0.39 is 6.10 Å². The maximum atomic E-state index is 12.3. The van der Waals surface area contributed by atoms with Crippen molar-refractivity contribution in [3.05, 3.63) is 70.7 Å². The van der Waals surface area contributed by atoms with Gasteiger partial charge in [-0.15, -0.1) is 0 Å². The highest BCUT2D eigenvalue weighted by atomic mass is 79.9. The van der Waals surface area contributed by atoms with Gasteiger partial charge in [0.25, 0.3) is 5.91 Å². The van der Waals surface area contributed by atoms with Crippen LogP contribution in [0.2, 0.25) is 0 Å². The summed E-state index contributed by atoms with van der Waals surface area (Å²) in [6.45, 7) is 3.98. The molecule has 0 saturated carbocycles. The summed E-state index contributed by atoms with van der Waals surface area (Å²) in [5.74, 6) is 0.747. The number of methoxy groups -OCH3 is 2. The van der Waals surface area contributed by atoms with E-state index in [1.165, 1.54) is 13.3 Å². The van der Waals surface area contributed by atoms with Gasteiger partial charge in [-0.05, 0) is 39.2 Å². The molecular weight excluding hydrogens is 412 g/mol. The van der Waals surface area contributed by atoms with Crippen LogP contribution in [0.3, 0.4) is 0 Å². The molecule has 6 nitrogen and oxygen atoms in total. The minimum atomic E-state index is -0.737. The highest BCUT2D eigenvalue weighted by Crippen LogP contribution is 2.36. The molecule has 142 valence electrons. The van der Waals surface area contributed by atoms with Crippen molar-refractivity contribution in [1.82, 2.24) is 5.43 Å². The maximum absolute atomic E-state index is 12.3.